The van der Waals surface area contributed by atoms with E-state index in [-0.39, 0.29) is 11.9 Å². The quantitative estimate of drug-likeness (QED) is 0.792. The fraction of sp³-hybridized carbons (Fsp3) is 0.381. The second-order valence-electron chi connectivity index (χ2n) is 6.54. The van der Waals surface area contributed by atoms with E-state index in [4.69, 9.17) is 21.1 Å². The van der Waals surface area contributed by atoms with Gasteiger partial charge in [-0.05, 0) is 35.4 Å². The molecule has 1 N–H and O–H groups in total. The van der Waals surface area contributed by atoms with Crippen LogP contribution in [0.1, 0.15) is 17.2 Å². The number of nitrogens with one attached hydrogen (secondary N) is 1. The average Bonchev–Trinajstić information content (AvgIpc) is 2.71. The molecule has 1 heterocycles. The van der Waals surface area contributed by atoms with Crippen LogP contribution in [0.2, 0.25) is 5.02 Å². The summed E-state index contributed by atoms with van der Waals surface area (Å²) in [5, 5.41) is 3.76. The number of amides is 1. The minimum absolute atomic E-state index is 0.00379. The average molecular weight is 389 g/mol. The van der Waals surface area contributed by atoms with Crippen LogP contribution in [-0.4, -0.2) is 50.8 Å². The van der Waals surface area contributed by atoms with Crippen molar-refractivity contribution in [3.63, 3.8) is 0 Å². The molecule has 0 aromatic heterocycles. The van der Waals surface area contributed by atoms with Gasteiger partial charge in [-0.3, -0.25) is 9.69 Å². The highest BCUT2D eigenvalue weighted by atomic mass is 35.5. The van der Waals surface area contributed by atoms with Gasteiger partial charge in [-0.1, -0.05) is 35.9 Å². The summed E-state index contributed by atoms with van der Waals surface area (Å²) in [7, 11) is 1.66. The molecule has 0 saturated carbocycles. The molecular formula is C21H25ClN2O3. The molecule has 2 aromatic carbocycles. The minimum Gasteiger partial charge on any atom is -0.497 e. The van der Waals surface area contributed by atoms with Crippen LogP contribution in [0.3, 0.4) is 0 Å². The van der Waals surface area contributed by atoms with E-state index in [0.717, 1.165) is 30.0 Å². The summed E-state index contributed by atoms with van der Waals surface area (Å²) in [5.41, 5.74) is 2.11. The molecule has 1 fully saturated rings. The van der Waals surface area contributed by atoms with Gasteiger partial charge in [0.05, 0.1) is 32.8 Å². The maximum absolute atomic E-state index is 12.4. The summed E-state index contributed by atoms with van der Waals surface area (Å²) < 4.78 is 10.7. The molecule has 0 bridgehead atoms. The summed E-state index contributed by atoms with van der Waals surface area (Å²) in [6.45, 7) is 3.68. The van der Waals surface area contributed by atoms with E-state index in [2.05, 4.69) is 22.3 Å². The van der Waals surface area contributed by atoms with Gasteiger partial charge in [0.2, 0.25) is 5.91 Å². The van der Waals surface area contributed by atoms with Gasteiger partial charge in [0.25, 0.3) is 0 Å². The Morgan fingerprint density at radius 3 is 2.44 bits per heavy atom. The van der Waals surface area contributed by atoms with Crippen LogP contribution >= 0.6 is 11.6 Å². The topological polar surface area (TPSA) is 50.8 Å². The second kappa shape index (κ2) is 9.74. The monoisotopic (exact) mass is 388 g/mol. The van der Waals surface area contributed by atoms with E-state index in [1.165, 1.54) is 0 Å². The predicted molar refractivity (Wildman–Crippen MR) is 106 cm³/mol. The van der Waals surface area contributed by atoms with Gasteiger partial charge in [-0.25, -0.2) is 0 Å². The summed E-state index contributed by atoms with van der Waals surface area (Å²) in [6.07, 6.45) is 0.343. The number of ether oxygens (including phenoxy) is 2. The first kappa shape index (κ1) is 19.7. The molecule has 5 nitrogen and oxygen atoms in total. The van der Waals surface area contributed by atoms with Gasteiger partial charge in [0.1, 0.15) is 5.75 Å². The molecule has 0 aliphatic carbocycles. The maximum atomic E-state index is 12.4. The van der Waals surface area contributed by atoms with Crippen molar-refractivity contribution in [3.05, 3.63) is 64.7 Å². The van der Waals surface area contributed by atoms with Crippen LogP contribution in [0.25, 0.3) is 0 Å². The molecule has 1 aliphatic heterocycles. The first-order valence-electron chi connectivity index (χ1n) is 9.12. The van der Waals surface area contributed by atoms with E-state index in [0.29, 0.717) is 31.2 Å². The number of carbonyl (C=O) groups excluding carboxylic acids is 1. The van der Waals surface area contributed by atoms with Crippen molar-refractivity contribution in [2.24, 2.45) is 0 Å². The molecule has 1 saturated heterocycles. The largest absolute Gasteiger partial charge is 0.497 e. The Bertz CT molecular complexity index is 728. The number of carbonyl (C=O) groups is 1. The van der Waals surface area contributed by atoms with Crippen molar-refractivity contribution in [2.75, 3.05) is 40.0 Å². The van der Waals surface area contributed by atoms with Crippen molar-refractivity contribution in [2.45, 2.75) is 12.5 Å². The second-order valence-corrected chi connectivity index (χ2v) is 6.98. The number of hydrogen-bond donors (Lipinski definition) is 1. The molecule has 6 heteroatoms. The highest BCUT2D eigenvalue weighted by Gasteiger charge is 2.23. The summed E-state index contributed by atoms with van der Waals surface area (Å²) in [4.78, 5) is 14.8. The first-order valence-corrected chi connectivity index (χ1v) is 9.50. The van der Waals surface area contributed by atoms with Crippen LogP contribution < -0.4 is 10.1 Å². The molecule has 2 aromatic rings. The predicted octanol–water partition coefficient (Wildman–Crippen LogP) is 3.08. The third kappa shape index (κ3) is 5.70. The van der Waals surface area contributed by atoms with Crippen LogP contribution in [0, 0.1) is 0 Å². The molecule has 0 radical (unpaired) electrons. The Hall–Kier alpha value is -2.08. The Balaban J connectivity index is 1.64. The number of rotatable bonds is 7. The molecule has 1 aliphatic rings. The molecule has 144 valence electrons. The van der Waals surface area contributed by atoms with Crippen molar-refractivity contribution >= 4 is 17.5 Å². The van der Waals surface area contributed by atoms with Gasteiger partial charge in [0.15, 0.2) is 0 Å². The van der Waals surface area contributed by atoms with Gasteiger partial charge in [-0.2, -0.15) is 0 Å². The maximum Gasteiger partial charge on any atom is 0.224 e. The molecule has 3 rings (SSSR count). The van der Waals surface area contributed by atoms with Crippen LogP contribution in [0.5, 0.6) is 5.75 Å². The molecule has 1 atom stereocenters. The number of hydrogen-bond acceptors (Lipinski definition) is 4. The molecular weight excluding hydrogens is 364 g/mol. The lowest BCUT2D eigenvalue weighted by Gasteiger charge is -2.35. The first-order chi connectivity index (χ1) is 13.2. The Kier molecular flexibility index (Phi) is 7.10. The van der Waals surface area contributed by atoms with E-state index >= 15 is 0 Å². The van der Waals surface area contributed by atoms with E-state index in [1.54, 1.807) is 19.2 Å². The SMILES string of the molecule is COc1ccc([C@@H](CNC(=O)Cc2ccc(Cl)cc2)N2CCOCC2)cc1. The zero-order chi connectivity index (χ0) is 19.1. The standard InChI is InChI=1S/C21H25ClN2O3/c1-26-19-8-4-17(5-9-19)20(24-10-12-27-13-11-24)15-23-21(25)14-16-2-6-18(22)7-3-16/h2-9,20H,10-15H2,1H3,(H,23,25)/t20-/m1/s1. The van der Waals surface area contributed by atoms with E-state index in [1.807, 2.05) is 24.3 Å². The van der Waals surface area contributed by atoms with Gasteiger partial charge in [0, 0.05) is 24.7 Å². The zero-order valence-corrected chi connectivity index (χ0v) is 16.2. The van der Waals surface area contributed by atoms with Crippen LogP contribution in [0.4, 0.5) is 0 Å². The fourth-order valence-corrected chi connectivity index (χ4v) is 3.36. The Morgan fingerprint density at radius 2 is 1.81 bits per heavy atom. The van der Waals surface area contributed by atoms with Gasteiger partial charge in [-0.15, -0.1) is 0 Å². The van der Waals surface area contributed by atoms with Crippen molar-refractivity contribution in [3.8, 4) is 5.75 Å². The number of morpholine rings is 1. The molecule has 1 amide bonds. The normalized spacial score (nSPS) is 15.9. The highest BCUT2D eigenvalue weighted by molar-refractivity contribution is 6.30. The lowest BCUT2D eigenvalue weighted by atomic mass is 10.0. The molecule has 27 heavy (non-hydrogen) atoms. The zero-order valence-electron chi connectivity index (χ0n) is 15.5. The summed E-state index contributed by atoms with van der Waals surface area (Å²) in [5.74, 6) is 0.829. The number of halogens is 1. The van der Waals surface area contributed by atoms with Gasteiger partial charge >= 0.3 is 0 Å². The number of nitrogens with zero attached hydrogens (tertiary/aromatic N) is 1. The van der Waals surface area contributed by atoms with Gasteiger partial charge < -0.3 is 14.8 Å². The Morgan fingerprint density at radius 1 is 1.15 bits per heavy atom. The van der Waals surface area contributed by atoms with E-state index in [9.17, 15) is 4.79 Å². The van der Waals surface area contributed by atoms with Crippen LogP contribution in [0.15, 0.2) is 48.5 Å². The third-order valence-electron chi connectivity index (χ3n) is 4.76. The molecule has 0 unspecified atom stereocenters. The molecule has 0 spiro atoms. The fourth-order valence-electron chi connectivity index (χ4n) is 3.23. The van der Waals surface area contributed by atoms with Crippen LogP contribution in [-0.2, 0) is 16.0 Å². The lowest BCUT2D eigenvalue weighted by molar-refractivity contribution is -0.120. The van der Waals surface area contributed by atoms with Crippen molar-refractivity contribution in [1.29, 1.82) is 0 Å². The third-order valence-corrected chi connectivity index (χ3v) is 5.01. The van der Waals surface area contributed by atoms with Crippen molar-refractivity contribution in [1.82, 2.24) is 10.2 Å². The van der Waals surface area contributed by atoms with E-state index < -0.39 is 0 Å². The summed E-state index contributed by atoms with van der Waals surface area (Å²) in [6, 6.07) is 15.5. The summed E-state index contributed by atoms with van der Waals surface area (Å²) >= 11 is 5.90. The Labute approximate surface area is 165 Å². The smallest absolute Gasteiger partial charge is 0.224 e. The number of benzene rings is 2. The minimum atomic E-state index is 0.00379. The highest BCUT2D eigenvalue weighted by Crippen LogP contribution is 2.23. The number of methoxy groups -OCH3 is 1. The lowest BCUT2D eigenvalue weighted by Crippen LogP contribution is -2.44. The van der Waals surface area contributed by atoms with Crippen molar-refractivity contribution < 1.29 is 14.3 Å².